The van der Waals surface area contributed by atoms with E-state index in [2.05, 4.69) is 22.0 Å². The Balaban J connectivity index is 1.24. The van der Waals surface area contributed by atoms with Gasteiger partial charge in [-0.05, 0) is 82.5 Å². The monoisotopic (exact) mass is 274 g/mol. The lowest BCUT2D eigenvalue weighted by Gasteiger charge is -2.41. The maximum atomic E-state index is 2.79. The van der Waals surface area contributed by atoms with Crippen molar-refractivity contribution in [3.8, 4) is 0 Å². The highest BCUT2D eigenvalue weighted by atomic mass is 15.2. The highest BCUT2D eigenvalue weighted by molar-refractivity contribution is 5.10. The molecule has 20 heavy (non-hydrogen) atoms. The number of nitrogens with zero attached hydrogens (tertiary/aromatic N) is 2. The lowest BCUT2D eigenvalue weighted by molar-refractivity contribution is 0.0830. The van der Waals surface area contributed by atoms with Crippen LogP contribution in [0.2, 0.25) is 0 Å². The average Bonchev–Trinajstić information content (AvgIpc) is 3.12. The zero-order valence-corrected chi connectivity index (χ0v) is 12.8. The fourth-order valence-electron chi connectivity index (χ4n) is 5.19. The van der Waals surface area contributed by atoms with Gasteiger partial charge >= 0.3 is 0 Å². The first kappa shape index (κ1) is 13.3. The average molecular weight is 274 g/mol. The Bertz CT molecular complexity index is 350. The van der Waals surface area contributed by atoms with Crippen LogP contribution in [0.1, 0.15) is 44.9 Å². The standard InChI is InChI=1S/C18H30N2/c1-2-8-20(9-3-1)18-6-10-19(11-7-18)14-17-13-15-4-5-16(17)12-15/h4-5,15-18H,1-3,6-14H2/t15-,16-,17-/m1/s1. The van der Waals surface area contributed by atoms with Crippen LogP contribution in [-0.4, -0.2) is 48.6 Å². The van der Waals surface area contributed by atoms with Gasteiger partial charge in [0.25, 0.3) is 0 Å². The summed E-state index contributed by atoms with van der Waals surface area (Å²) in [7, 11) is 0. The molecule has 0 spiro atoms. The molecule has 4 rings (SSSR count). The normalized spacial score (nSPS) is 39.7. The zero-order chi connectivity index (χ0) is 13.4. The number of hydrogen-bond donors (Lipinski definition) is 0. The summed E-state index contributed by atoms with van der Waals surface area (Å²) in [5, 5.41) is 0. The predicted octanol–water partition coefficient (Wildman–Crippen LogP) is 3.15. The summed E-state index contributed by atoms with van der Waals surface area (Å²) in [5.74, 6) is 2.85. The van der Waals surface area contributed by atoms with Gasteiger partial charge in [0, 0.05) is 12.6 Å². The summed E-state index contributed by atoms with van der Waals surface area (Å²) in [5.41, 5.74) is 0. The summed E-state index contributed by atoms with van der Waals surface area (Å²) >= 11 is 0. The van der Waals surface area contributed by atoms with E-state index >= 15 is 0 Å². The second kappa shape index (κ2) is 5.81. The van der Waals surface area contributed by atoms with Crippen molar-refractivity contribution in [2.75, 3.05) is 32.7 Å². The second-order valence-electron chi connectivity index (χ2n) is 7.67. The van der Waals surface area contributed by atoms with E-state index in [1.54, 1.807) is 0 Å². The van der Waals surface area contributed by atoms with Crippen LogP contribution < -0.4 is 0 Å². The van der Waals surface area contributed by atoms with Crippen LogP contribution in [0.15, 0.2) is 12.2 Å². The summed E-state index contributed by atoms with van der Waals surface area (Å²) in [6, 6.07) is 0.909. The van der Waals surface area contributed by atoms with Gasteiger partial charge < -0.3 is 9.80 Å². The van der Waals surface area contributed by atoms with E-state index in [1.807, 2.05) is 0 Å². The third-order valence-electron chi connectivity index (χ3n) is 6.37. The van der Waals surface area contributed by atoms with Crippen molar-refractivity contribution in [1.29, 1.82) is 0 Å². The molecule has 0 aromatic heterocycles. The van der Waals surface area contributed by atoms with Crippen LogP contribution in [0.25, 0.3) is 0 Å². The van der Waals surface area contributed by atoms with Crippen molar-refractivity contribution in [3.05, 3.63) is 12.2 Å². The first-order valence-corrected chi connectivity index (χ1v) is 9.03. The Kier molecular flexibility index (Phi) is 3.87. The molecule has 0 aromatic carbocycles. The lowest BCUT2D eigenvalue weighted by Crippen LogP contribution is -2.47. The molecule has 2 aliphatic carbocycles. The van der Waals surface area contributed by atoms with E-state index in [9.17, 15) is 0 Å². The molecule has 2 heterocycles. The molecule has 0 N–H and O–H groups in total. The van der Waals surface area contributed by atoms with Crippen molar-refractivity contribution >= 4 is 0 Å². The molecule has 0 unspecified atom stereocenters. The van der Waals surface area contributed by atoms with Gasteiger partial charge in [0.15, 0.2) is 0 Å². The van der Waals surface area contributed by atoms with Crippen LogP contribution in [0.3, 0.4) is 0 Å². The Morgan fingerprint density at radius 2 is 1.65 bits per heavy atom. The van der Waals surface area contributed by atoms with E-state index in [0.29, 0.717) is 0 Å². The van der Waals surface area contributed by atoms with E-state index in [-0.39, 0.29) is 0 Å². The summed E-state index contributed by atoms with van der Waals surface area (Å²) < 4.78 is 0. The molecule has 0 aromatic rings. The van der Waals surface area contributed by atoms with Gasteiger partial charge in [-0.15, -0.1) is 0 Å². The van der Waals surface area contributed by atoms with Gasteiger partial charge in [-0.1, -0.05) is 18.6 Å². The van der Waals surface area contributed by atoms with Crippen LogP contribution in [0, 0.1) is 17.8 Å². The van der Waals surface area contributed by atoms with Gasteiger partial charge in [0.2, 0.25) is 0 Å². The molecule has 0 amide bonds. The molecule has 2 saturated heterocycles. The third-order valence-corrected chi connectivity index (χ3v) is 6.37. The van der Waals surface area contributed by atoms with Crippen molar-refractivity contribution in [2.45, 2.75) is 51.0 Å². The molecule has 3 fully saturated rings. The highest BCUT2D eigenvalue weighted by Crippen LogP contribution is 2.43. The SMILES string of the molecule is C1=C[C@@H]2C[C@@H]1C[C@@H]2CN1CCC(N2CCCCC2)CC1. The van der Waals surface area contributed by atoms with Crippen molar-refractivity contribution in [1.82, 2.24) is 9.80 Å². The quantitative estimate of drug-likeness (QED) is 0.730. The zero-order valence-electron chi connectivity index (χ0n) is 12.8. The number of fused-ring (bicyclic) bond motifs is 2. The molecule has 4 aliphatic rings. The Hall–Kier alpha value is -0.340. The first-order chi connectivity index (χ1) is 9.88. The molecular formula is C18H30N2. The fraction of sp³-hybridized carbons (Fsp3) is 0.889. The largest absolute Gasteiger partial charge is 0.303 e. The Labute approximate surface area is 124 Å². The highest BCUT2D eigenvalue weighted by Gasteiger charge is 2.37. The number of rotatable bonds is 3. The minimum atomic E-state index is 0.909. The van der Waals surface area contributed by atoms with Gasteiger partial charge in [0.05, 0.1) is 0 Å². The van der Waals surface area contributed by atoms with Gasteiger partial charge in [0.1, 0.15) is 0 Å². The van der Waals surface area contributed by atoms with E-state index < -0.39 is 0 Å². The summed E-state index contributed by atoms with van der Waals surface area (Å²) in [6.07, 6.45) is 15.1. The van der Waals surface area contributed by atoms with E-state index in [1.165, 1.54) is 77.7 Å². The molecule has 2 heteroatoms. The van der Waals surface area contributed by atoms with Crippen LogP contribution in [0.4, 0.5) is 0 Å². The molecule has 2 bridgehead atoms. The molecule has 112 valence electrons. The molecular weight excluding hydrogens is 244 g/mol. The number of likely N-dealkylation sites (tertiary alicyclic amines) is 2. The van der Waals surface area contributed by atoms with Crippen LogP contribution in [-0.2, 0) is 0 Å². The van der Waals surface area contributed by atoms with Gasteiger partial charge in [-0.2, -0.15) is 0 Å². The lowest BCUT2D eigenvalue weighted by atomic mass is 9.92. The second-order valence-corrected chi connectivity index (χ2v) is 7.67. The van der Waals surface area contributed by atoms with Gasteiger partial charge in [-0.25, -0.2) is 0 Å². The van der Waals surface area contributed by atoms with E-state index in [0.717, 1.165) is 23.8 Å². The van der Waals surface area contributed by atoms with Crippen molar-refractivity contribution in [3.63, 3.8) is 0 Å². The maximum Gasteiger partial charge on any atom is 0.0120 e. The van der Waals surface area contributed by atoms with Crippen LogP contribution >= 0.6 is 0 Å². The molecule has 0 radical (unpaired) electrons. The summed E-state index contributed by atoms with van der Waals surface area (Å²) in [4.78, 5) is 5.57. The number of allylic oxidation sites excluding steroid dienone is 2. The first-order valence-electron chi connectivity index (χ1n) is 9.03. The maximum absolute atomic E-state index is 2.79. The van der Waals surface area contributed by atoms with Crippen molar-refractivity contribution in [2.24, 2.45) is 17.8 Å². The Morgan fingerprint density at radius 1 is 0.850 bits per heavy atom. The third kappa shape index (κ3) is 2.69. The minimum absolute atomic E-state index is 0.909. The van der Waals surface area contributed by atoms with Crippen molar-refractivity contribution < 1.29 is 0 Å². The Morgan fingerprint density at radius 3 is 2.30 bits per heavy atom. The summed E-state index contributed by atoms with van der Waals surface area (Å²) in [6.45, 7) is 6.86. The van der Waals surface area contributed by atoms with Gasteiger partial charge in [-0.3, -0.25) is 0 Å². The predicted molar refractivity (Wildman–Crippen MR) is 83.7 cm³/mol. The number of piperidine rings is 2. The molecule has 2 nitrogen and oxygen atoms in total. The number of hydrogen-bond acceptors (Lipinski definition) is 2. The smallest absolute Gasteiger partial charge is 0.0120 e. The molecule has 2 aliphatic heterocycles. The minimum Gasteiger partial charge on any atom is -0.303 e. The molecule has 1 saturated carbocycles. The fourth-order valence-corrected chi connectivity index (χ4v) is 5.19. The molecule has 3 atom stereocenters. The topological polar surface area (TPSA) is 6.48 Å². The van der Waals surface area contributed by atoms with E-state index in [4.69, 9.17) is 0 Å². The van der Waals surface area contributed by atoms with Crippen LogP contribution in [0.5, 0.6) is 0 Å².